The third-order valence-electron chi connectivity index (χ3n) is 2.61. The number of aromatic nitrogens is 2. The van der Waals surface area contributed by atoms with Crippen molar-refractivity contribution in [3.63, 3.8) is 0 Å². The van der Waals surface area contributed by atoms with Gasteiger partial charge < -0.3 is 10.4 Å². The number of phenolic OH excluding ortho intramolecular Hbond substituents is 1. The van der Waals surface area contributed by atoms with Gasteiger partial charge in [0, 0.05) is 6.54 Å². The van der Waals surface area contributed by atoms with Crippen molar-refractivity contribution in [1.29, 1.82) is 0 Å². The molecule has 4 nitrogen and oxygen atoms in total. The van der Waals surface area contributed by atoms with E-state index in [-0.39, 0.29) is 5.75 Å². The summed E-state index contributed by atoms with van der Waals surface area (Å²) in [7, 11) is 0. The molecule has 0 saturated carbocycles. The van der Waals surface area contributed by atoms with Crippen LogP contribution in [0.25, 0.3) is 0 Å². The number of anilines is 1. The van der Waals surface area contributed by atoms with Crippen molar-refractivity contribution in [1.82, 2.24) is 10.2 Å². The molecule has 0 amide bonds. The van der Waals surface area contributed by atoms with Crippen LogP contribution in [0.15, 0.2) is 22.7 Å². The van der Waals surface area contributed by atoms with Crippen LogP contribution in [0.5, 0.6) is 5.75 Å². The first kappa shape index (κ1) is 12.0. The molecular weight excluding hydrogens is 282 g/mol. The number of hydrogen-bond donors (Lipinski definition) is 3. The first-order chi connectivity index (χ1) is 8.08. The normalized spacial score (nSPS) is 10.5. The standard InChI is InChI=1S/C12H14BrN3O/c1-7-12(8(2)16-15-7)14-6-9-3-4-11(17)10(13)5-9/h3-5,14,17H,6H2,1-2H3,(H,15,16). The van der Waals surface area contributed by atoms with Crippen LogP contribution < -0.4 is 5.32 Å². The number of nitrogens with one attached hydrogen (secondary N) is 2. The second-order valence-corrected chi connectivity index (χ2v) is 4.80. The second-order valence-electron chi connectivity index (χ2n) is 3.95. The Labute approximate surface area is 108 Å². The van der Waals surface area contributed by atoms with Crippen molar-refractivity contribution in [2.75, 3.05) is 5.32 Å². The van der Waals surface area contributed by atoms with Crippen LogP contribution in [-0.2, 0) is 6.54 Å². The lowest BCUT2D eigenvalue weighted by Gasteiger charge is -2.07. The van der Waals surface area contributed by atoms with E-state index in [0.717, 1.165) is 22.6 Å². The van der Waals surface area contributed by atoms with Gasteiger partial charge in [0.15, 0.2) is 0 Å². The van der Waals surface area contributed by atoms with Crippen LogP contribution in [0.4, 0.5) is 5.69 Å². The summed E-state index contributed by atoms with van der Waals surface area (Å²) in [5, 5.41) is 19.8. The fourth-order valence-electron chi connectivity index (χ4n) is 1.66. The number of rotatable bonds is 3. The molecule has 2 rings (SSSR count). The van der Waals surface area contributed by atoms with Gasteiger partial charge in [0.05, 0.1) is 21.5 Å². The van der Waals surface area contributed by atoms with E-state index in [2.05, 4.69) is 31.4 Å². The van der Waals surface area contributed by atoms with Gasteiger partial charge in [0.2, 0.25) is 0 Å². The smallest absolute Gasteiger partial charge is 0.129 e. The Bertz CT molecular complexity index is 517. The average molecular weight is 296 g/mol. The Morgan fingerprint density at radius 1 is 1.41 bits per heavy atom. The summed E-state index contributed by atoms with van der Waals surface area (Å²) < 4.78 is 0.706. The van der Waals surface area contributed by atoms with Crippen LogP contribution >= 0.6 is 15.9 Å². The van der Waals surface area contributed by atoms with Gasteiger partial charge >= 0.3 is 0 Å². The summed E-state index contributed by atoms with van der Waals surface area (Å²) in [6.07, 6.45) is 0. The molecule has 90 valence electrons. The number of halogens is 1. The average Bonchev–Trinajstić information content (AvgIpc) is 2.61. The molecular formula is C12H14BrN3O. The molecule has 0 aliphatic heterocycles. The zero-order valence-electron chi connectivity index (χ0n) is 9.71. The molecule has 1 aromatic heterocycles. The molecule has 1 heterocycles. The summed E-state index contributed by atoms with van der Waals surface area (Å²) in [4.78, 5) is 0. The molecule has 0 aliphatic carbocycles. The molecule has 17 heavy (non-hydrogen) atoms. The van der Waals surface area contributed by atoms with E-state index in [1.165, 1.54) is 0 Å². The first-order valence-electron chi connectivity index (χ1n) is 5.30. The molecule has 0 radical (unpaired) electrons. The van der Waals surface area contributed by atoms with Crippen LogP contribution in [0.2, 0.25) is 0 Å². The van der Waals surface area contributed by atoms with E-state index < -0.39 is 0 Å². The van der Waals surface area contributed by atoms with Crippen molar-refractivity contribution in [3.05, 3.63) is 39.6 Å². The number of aromatic amines is 1. The molecule has 5 heteroatoms. The summed E-state index contributed by atoms with van der Waals surface area (Å²) in [6, 6.07) is 5.46. The lowest BCUT2D eigenvalue weighted by atomic mass is 10.2. The molecule has 0 bridgehead atoms. The van der Waals surface area contributed by atoms with Crippen LogP contribution in [-0.4, -0.2) is 15.3 Å². The second kappa shape index (κ2) is 4.79. The highest BCUT2D eigenvalue weighted by Gasteiger charge is 2.06. The number of nitrogens with zero attached hydrogens (tertiary/aromatic N) is 1. The summed E-state index contributed by atoms with van der Waals surface area (Å²) >= 11 is 3.30. The Morgan fingerprint density at radius 3 is 2.76 bits per heavy atom. The summed E-state index contributed by atoms with van der Waals surface area (Å²) in [5.74, 6) is 0.254. The molecule has 2 aromatic rings. The maximum Gasteiger partial charge on any atom is 0.129 e. The predicted octanol–water partition coefficient (Wildman–Crippen LogP) is 3.11. The number of aromatic hydroxyl groups is 1. The van der Waals surface area contributed by atoms with Gasteiger partial charge in [-0.3, -0.25) is 5.10 Å². The van der Waals surface area contributed by atoms with Gasteiger partial charge in [-0.2, -0.15) is 5.10 Å². The van der Waals surface area contributed by atoms with Crippen molar-refractivity contribution in [3.8, 4) is 5.75 Å². The maximum absolute atomic E-state index is 9.40. The number of phenols is 1. The van der Waals surface area contributed by atoms with Crippen LogP contribution in [0.3, 0.4) is 0 Å². The lowest BCUT2D eigenvalue weighted by molar-refractivity contribution is 0.471. The van der Waals surface area contributed by atoms with Gasteiger partial charge in [-0.15, -0.1) is 0 Å². The molecule has 0 saturated heterocycles. The van der Waals surface area contributed by atoms with Gasteiger partial charge in [-0.05, 0) is 47.5 Å². The lowest BCUT2D eigenvalue weighted by Crippen LogP contribution is -2.01. The predicted molar refractivity (Wildman–Crippen MR) is 71.2 cm³/mol. The zero-order chi connectivity index (χ0) is 12.4. The van der Waals surface area contributed by atoms with E-state index in [1.54, 1.807) is 6.07 Å². The zero-order valence-corrected chi connectivity index (χ0v) is 11.3. The number of benzene rings is 1. The Kier molecular flexibility index (Phi) is 3.38. The van der Waals surface area contributed by atoms with E-state index in [4.69, 9.17) is 0 Å². The number of hydrogen-bond acceptors (Lipinski definition) is 3. The third kappa shape index (κ3) is 2.61. The van der Waals surface area contributed by atoms with E-state index >= 15 is 0 Å². The van der Waals surface area contributed by atoms with E-state index in [1.807, 2.05) is 26.0 Å². The van der Waals surface area contributed by atoms with Gasteiger partial charge in [-0.25, -0.2) is 0 Å². The fourth-order valence-corrected chi connectivity index (χ4v) is 2.09. The van der Waals surface area contributed by atoms with Crippen molar-refractivity contribution in [2.45, 2.75) is 20.4 Å². The third-order valence-corrected chi connectivity index (χ3v) is 3.24. The van der Waals surface area contributed by atoms with Gasteiger partial charge in [0.1, 0.15) is 5.75 Å². The van der Waals surface area contributed by atoms with Crippen molar-refractivity contribution >= 4 is 21.6 Å². The quantitative estimate of drug-likeness (QED) is 0.815. The Balaban J connectivity index is 2.10. The molecule has 0 fully saturated rings. The van der Waals surface area contributed by atoms with Crippen molar-refractivity contribution < 1.29 is 5.11 Å². The highest BCUT2D eigenvalue weighted by atomic mass is 79.9. The minimum atomic E-state index is 0.254. The van der Waals surface area contributed by atoms with Gasteiger partial charge in [0.25, 0.3) is 0 Å². The molecule has 0 unspecified atom stereocenters. The number of aryl methyl sites for hydroxylation is 2. The Morgan fingerprint density at radius 2 is 2.18 bits per heavy atom. The minimum absolute atomic E-state index is 0.254. The highest BCUT2D eigenvalue weighted by Crippen LogP contribution is 2.25. The molecule has 1 aromatic carbocycles. The SMILES string of the molecule is Cc1n[nH]c(C)c1NCc1ccc(O)c(Br)c1. The topological polar surface area (TPSA) is 60.9 Å². The van der Waals surface area contributed by atoms with E-state index in [0.29, 0.717) is 11.0 Å². The first-order valence-corrected chi connectivity index (χ1v) is 6.10. The molecule has 0 atom stereocenters. The molecule has 0 spiro atoms. The monoisotopic (exact) mass is 295 g/mol. The number of H-pyrrole nitrogens is 1. The molecule has 0 aliphatic rings. The minimum Gasteiger partial charge on any atom is -0.507 e. The Hall–Kier alpha value is -1.49. The van der Waals surface area contributed by atoms with Crippen LogP contribution in [0, 0.1) is 13.8 Å². The van der Waals surface area contributed by atoms with Crippen molar-refractivity contribution in [2.24, 2.45) is 0 Å². The summed E-state index contributed by atoms with van der Waals surface area (Å²) in [5.41, 5.74) is 4.12. The highest BCUT2D eigenvalue weighted by molar-refractivity contribution is 9.10. The van der Waals surface area contributed by atoms with Crippen LogP contribution in [0.1, 0.15) is 17.0 Å². The van der Waals surface area contributed by atoms with Gasteiger partial charge in [-0.1, -0.05) is 6.07 Å². The summed E-state index contributed by atoms with van der Waals surface area (Å²) in [6.45, 7) is 4.63. The molecule has 3 N–H and O–H groups in total. The maximum atomic E-state index is 9.40. The largest absolute Gasteiger partial charge is 0.507 e. The van der Waals surface area contributed by atoms with E-state index in [9.17, 15) is 5.11 Å². The fraction of sp³-hybridized carbons (Fsp3) is 0.250.